The van der Waals surface area contributed by atoms with E-state index in [-0.39, 0.29) is 6.42 Å². The summed E-state index contributed by atoms with van der Waals surface area (Å²) in [6.45, 7) is 1.78. The lowest BCUT2D eigenvalue weighted by molar-refractivity contribution is -0.220. The molecular weight excluding hydrogens is 269 g/mol. The van der Waals surface area contributed by atoms with Crippen molar-refractivity contribution < 1.29 is 22.7 Å². The second kappa shape index (κ2) is 7.72. The van der Waals surface area contributed by atoms with Crippen molar-refractivity contribution in [2.75, 3.05) is 0 Å². The van der Waals surface area contributed by atoms with Crippen molar-refractivity contribution >= 4 is 12.0 Å². The second-order valence-electron chi connectivity index (χ2n) is 4.28. The van der Waals surface area contributed by atoms with E-state index in [1.165, 1.54) is 6.08 Å². The zero-order valence-electron chi connectivity index (χ0n) is 11.1. The summed E-state index contributed by atoms with van der Waals surface area (Å²) < 4.78 is 42.5. The van der Waals surface area contributed by atoms with Gasteiger partial charge in [-0.3, -0.25) is 0 Å². The van der Waals surface area contributed by atoms with E-state index in [0.29, 0.717) is 18.4 Å². The first-order valence-electron chi connectivity index (χ1n) is 6.35. The molecule has 5 heteroatoms. The number of benzene rings is 1. The Morgan fingerprint density at radius 2 is 2.05 bits per heavy atom. The molecule has 0 amide bonds. The molecule has 0 spiro atoms. The molecule has 1 aromatic carbocycles. The number of rotatable bonds is 6. The monoisotopic (exact) mass is 285 g/mol. The van der Waals surface area contributed by atoms with E-state index in [1.807, 2.05) is 0 Å². The number of halogens is 3. The van der Waals surface area contributed by atoms with Crippen LogP contribution in [0.5, 0.6) is 0 Å². The van der Waals surface area contributed by atoms with E-state index in [4.69, 9.17) is 0 Å². The van der Waals surface area contributed by atoms with Crippen LogP contribution in [0, 0.1) is 6.07 Å². The summed E-state index contributed by atoms with van der Waals surface area (Å²) in [5.74, 6) is -0.990. The standard InChI is InChI=1S/C15H16F3O2/c1-2-3-9-13(15(16,17)18)20-14(19)11-10-12-7-5-4-6-8-12/h5-8,10-11,13H,2-3,9H2,1H3. The van der Waals surface area contributed by atoms with Gasteiger partial charge >= 0.3 is 12.1 Å². The van der Waals surface area contributed by atoms with E-state index in [9.17, 15) is 18.0 Å². The minimum absolute atomic E-state index is 0.208. The Kier molecular flexibility index (Phi) is 6.28. The first-order chi connectivity index (χ1) is 9.43. The summed E-state index contributed by atoms with van der Waals surface area (Å²) in [4.78, 5) is 11.4. The third-order valence-corrected chi connectivity index (χ3v) is 2.60. The smallest absolute Gasteiger partial charge is 0.425 e. The van der Waals surface area contributed by atoms with Crippen molar-refractivity contribution in [3.63, 3.8) is 0 Å². The highest BCUT2D eigenvalue weighted by Crippen LogP contribution is 2.27. The molecule has 0 aromatic heterocycles. The van der Waals surface area contributed by atoms with Gasteiger partial charge in [-0.1, -0.05) is 37.6 Å². The predicted octanol–water partition coefficient (Wildman–Crippen LogP) is 4.16. The number of unbranched alkanes of at least 4 members (excludes halogenated alkanes) is 1. The van der Waals surface area contributed by atoms with Gasteiger partial charge in [-0.25, -0.2) is 4.79 Å². The van der Waals surface area contributed by atoms with E-state index < -0.39 is 18.2 Å². The molecule has 0 N–H and O–H groups in total. The summed E-state index contributed by atoms with van der Waals surface area (Å²) in [5, 5.41) is 0. The molecule has 0 saturated heterocycles. The summed E-state index contributed by atoms with van der Waals surface area (Å²) in [5.41, 5.74) is 0.692. The van der Waals surface area contributed by atoms with Crippen LogP contribution in [0.1, 0.15) is 31.7 Å². The van der Waals surface area contributed by atoms with Gasteiger partial charge in [-0.2, -0.15) is 13.2 Å². The van der Waals surface area contributed by atoms with E-state index in [1.54, 1.807) is 31.2 Å². The minimum atomic E-state index is -4.53. The number of esters is 1. The Morgan fingerprint density at radius 3 is 2.60 bits per heavy atom. The predicted molar refractivity (Wildman–Crippen MR) is 69.8 cm³/mol. The van der Waals surface area contributed by atoms with Crippen LogP contribution < -0.4 is 0 Å². The maximum absolute atomic E-state index is 12.7. The Morgan fingerprint density at radius 1 is 1.40 bits per heavy atom. The highest BCUT2D eigenvalue weighted by Gasteiger charge is 2.41. The molecule has 1 atom stereocenters. The Bertz CT molecular complexity index is 438. The zero-order valence-corrected chi connectivity index (χ0v) is 11.1. The largest absolute Gasteiger partial charge is 0.450 e. The fraction of sp³-hybridized carbons (Fsp3) is 0.400. The van der Waals surface area contributed by atoms with Gasteiger partial charge in [0, 0.05) is 6.08 Å². The highest BCUT2D eigenvalue weighted by molar-refractivity contribution is 5.87. The molecule has 1 unspecified atom stereocenters. The molecule has 1 rings (SSSR count). The van der Waals surface area contributed by atoms with Gasteiger partial charge in [0.25, 0.3) is 0 Å². The summed E-state index contributed by atoms with van der Waals surface area (Å²) in [6.07, 6.45) is -3.40. The molecule has 0 aliphatic rings. The molecule has 109 valence electrons. The maximum atomic E-state index is 12.7. The minimum Gasteiger partial charge on any atom is -0.450 e. The highest BCUT2D eigenvalue weighted by atomic mass is 19.4. The average Bonchev–Trinajstić information content (AvgIpc) is 2.41. The van der Waals surface area contributed by atoms with Crippen molar-refractivity contribution in [1.82, 2.24) is 0 Å². The Hall–Kier alpha value is -1.78. The zero-order chi connectivity index (χ0) is 15.0. The van der Waals surface area contributed by atoms with Gasteiger partial charge in [0.1, 0.15) is 0 Å². The van der Waals surface area contributed by atoms with Crippen LogP contribution in [0.4, 0.5) is 13.2 Å². The molecule has 0 fully saturated rings. The Balaban J connectivity index is 2.60. The lowest BCUT2D eigenvalue weighted by atomic mass is 10.1. The van der Waals surface area contributed by atoms with Gasteiger partial charge in [-0.05, 0) is 30.5 Å². The number of carbonyl (C=O) groups excluding carboxylic acids is 1. The topological polar surface area (TPSA) is 26.3 Å². The van der Waals surface area contributed by atoms with Crippen LogP contribution in [0.15, 0.2) is 30.3 Å². The van der Waals surface area contributed by atoms with Gasteiger partial charge < -0.3 is 4.74 Å². The molecule has 0 aliphatic carbocycles. The van der Waals surface area contributed by atoms with Crippen LogP contribution in [0.2, 0.25) is 0 Å². The van der Waals surface area contributed by atoms with E-state index in [0.717, 1.165) is 6.08 Å². The van der Waals surface area contributed by atoms with Crippen LogP contribution in [0.3, 0.4) is 0 Å². The maximum Gasteiger partial charge on any atom is 0.425 e. The van der Waals surface area contributed by atoms with Gasteiger partial charge in [-0.15, -0.1) is 0 Å². The molecule has 0 aliphatic heterocycles. The molecule has 0 heterocycles. The third kappa shape index (κ3) is 5.91. The van der Waals surface area contributed by atoms with Crippen LogP contribution >= 0.6 is 0 Å². The normalized spacial score (nSPS) is 13.4. The van der Waals surface area contributed by atoms with Crippen molar-refractivity contribution in [2.45, 2.75) is 38.5 Å². The first-order valence-corrected chi connectivity index (χ1v) is 6.35. The fourth-order valence-corrected chi connectivity index (χ4v) is 1.53. The molecule has 2 nitrogen and oxygen atoms in total. The number of alkyl halides is 3. The SMILES string of the molecule is CCCCC(OC(=O)C=Cc1cc[c]cc1)C(F)(F)F. The second-order valence-corrected chi connectivity index (χ2v) is 4.28. The van der Waals surface area contributed by atoms with Crippen LogP contribution in [-0.2, 0) is 9.53 Å². The van der Waals surface area contributed by atoms with Crippen molar-refractivity contribution in [2.24, 2.45) is 0 Å². The molecule has 20 heavy (non-hydrogen) atoms. The fourth-order valence-electron chi connectivity index (χ4n) is 1.53. The number of hydrogen-bond donors (Lipinski definition) is 0. The van der Waals surface area contributed by atoms with Gasteiger partial charge in [0.2, 0.25) is 0 Å². The first kappa shape index (κ1) is 16.3. The van der Waals surface area contributed by atoms with Crippen LogP contribution in [0.25, 0.3) is 6.08 Å². The molecule has 1 radical (unpaired) electrons. The van der Waals surface area contributed by atoms with E-state index in [2.05, 4.69) is 10.8 Å². The van der Waals surface area contributed by atoms with E-state index >= 15 is 0 Å². The van der Waals surface area contributed by atoms with Crippen molar-refractivity contribution in [3.8, 4) is 0 Å². The van der Waals surface area contributed by atoms with Crippen LogP contribution in [-0.4, -0.2) is 18.2 Å². The van der Waals surface area contributed by atoms with Gasteiger partial charge in [0.05, 0.1) is 0 Å². The molecule has 1 aromatic rings. The number of hydrogen-bond acceptors (Lipinski definition) is 2. The molecule has 0 saturated carbocycles. The van der Waals surface area contributed by atoms with Crippen molar-refractivity contribution in [1.29, 1.82) is 0 Å². The lowest BCUT2D eigenvalue weighted by Gasteiger charge is -2.19. The average molecular weight is 285 g/mol. The van der Waals surface area contributed by atoms with Crippen molar-refractivity contribution in [3.05, 3.63) is 42.0 Å². The number of carbonyl (C=O) groups is 1. The molecular formula is C15H16F3O2. The Labute approximate surface area is 116 Å². The number of ether oxygens (including phenoxy) is 1. The summed E-state index contributed by atoms with van der Waals surface area (Å²) in [6, 6.07) is 9.45. The van der Waals surface area contributed by atoms with Gasteiger partial charge in [0.15, 0.2) is 6.10 Å². The molecule has 0 bridgehead atoms. The third-order valence-electron chi connectivity index (χ3n) is 2.60. The summed E-state index contributed by atoms with van der Waals surface area (Å²) >= 11 is 0. The summed E-state index contributed by atoms with van der Waals surface area (Å²) in [7, 11) is 0. The lowest BCUT2D eigenvalue weighted by Crippen LogP contribution is -2.33. The quantitative estimate of drug-likeness (QED) is 0.579.